The Morgan fingerprint density at radius 2 is 2.09 bits per heavy atom. The molecule has 0 unspecified atom stereocenters. The van der Waals surface area contributed by atoms with Crippen molar-refractivity contribution in [1.29, 1.82) is 0 Å². The number of ether oxygens (including phenoxy) is 2. The van der Waals surface area contributed by atoms with Gasteiger partial charge in [-0.3, -0.25) is 0 Å². The van der Waals surface area contributed by atoms with Crippen molar-refractivity contribution in [3.8, 4) is 16.3 Å². The van der Waals surface area contributed by atoms with Crippen LogP contribution in [0, 0.1) is 6.92 Å². The fourth-order valence-corrected chi connectivity index (χ4v) is 2.72. The predicted octanol–water partition coefficient (Wildman–Crippen LogP) is 3.47. The Bertz CT molecular complexity index is 808. The van der Waals surface area contributed by atoms with Gasteiger partial charge in [0.25, 0.3) is 0 Å². The van der Waals surface area contributed by atoms with Crippen molar-refractivity contribution in [2.24, 2.45) is 0 Å². The molecule has 3 rings (SSSR count). The van der Waals surface area contributed by atoms with Crippen LogP contribution in [-0.4, -0.2) is 23.2 Å². The van der Waals surface area contributed by atoms with Gasteiger partial charge < -0.3 is 14.0 Å². The van der Waals surface area contributed by atoms with E-state index >= 15 is 0 Å². The molecule has 23 heavy (non-hydrogen) atoms. The van der Waals surface area contributed by atoms with Gasteiger partial charge in [-0.05, 0) is 31.2 Å². The van der Waals surface area contributed by atoms with E-state index in [0.29, 0.717) is 11.4 Å². The molecule has 0 N–H and O–H groups in total. The first kappa shape index (κ1) is 15.2. The number of thiazole rings is 1. The van der Waals surface area contributed by atoms with Crippen LogP contribution in [0.3, 0.4) is 0 Å². The number of benzene rings is 1. The second kappa shape index (κ2) is 6.62. The average Bonchev–Trinajstić information content (AvgIpc) is 3.22. The summed E-state index contributed by atoms with van der Waals surface area (Å²) in [6.45, 7) is 1.83. The van der Waals surface area contributed by atoms with Crippen molar-refractivity contribution in [3.05, 3.63) is 52.9 Å². The topological polar surface area (TPSA) is 74.5 Å². The minimum atomic E-state index is -0.551. The van der Waals surface area contributed by atoms with Crippen LogP contribution in [0.4, 0.5) is 0 Å². The molecule has 0 aliphatic carbocycles. The SMILES string of the molecule is COc1ccc(-c2nc(COC(=O)c3cc(C)no3)cs2)cc1. The molecule has 0 spiro atoms. The van der Waals surface area contributed by atoms with Crippen LogP contribution in [0.5, 0.6) is 5.75 Å². The van der Waals surface area contributed by atoms with Gasteiger partial charge in [-0.25, -0.2) is 9.78 Å². The highest BCUT2D eigenvalue weighted by molar-refractivity contribution is 7.13. The van der Waals surface area contributed by atoms with E-state index in [2.05, 4.69) is 10.1 Å². The number of rotatable bonds is 5. The lowest BCUT2D eigenvalue weighted by molar-refractivity contribution is 0.0421. The Labute approximate surface area is 136 Å². The highest BCUT2D eigenvalue weighted by Crippen LogP contribution is 2.26. The zero-order valence-electron chi connectivity index (χ0n) is 12.6. The number of nitrogens with zero attached hydrogens (tertiary/aromatic N) is 2. The molecule has 2 aromatic heterocycles. The molecule has 3 aromatic rings. The van der Waals surface area contributed by atoms with Crippen molar-refractivity contribution < 1.29 is 18.8 Å². The van der Waals surface area contributed by atoms with E-state index in [-0.39, 0.29) is 12.4 Å². The summed E-state index contributed by atoms with van der Waals surface area (Å²) in [6.07, 6.45) is 0. The Hall–Kier alpha value is -2.67. The maximum atomic E-state index is 11.8. The Kier molecular flexibility index (Phi) is 4.38. The lowest BCUT2D eigenvalue weighted by atomic mass is 10.2. The van der Waals surface area contributed by atoms with Crippen LogP contribution < -0.4 is 4.74 Å². The molecule has 0 radical (unpaired) electrons. The molecule has 0 saturated heterocycles. The Balaban J connectivity index is 1.63. The van der Waals surface area contributed by atoms with Crippen LogP contribution in [0.25, 0.3) is 10.6 Å². The van der Waals surface area contributed by atoms with E-state index in [0.717, 1.165) is 16.3 Å². The molecule has 2 heterocycles. The standard InChI is InChI=1S/C16H14N2O4S/c1-10-7-14(22-18-10)16(19)21-8-12-9-23-15(17-12)11-3-5-13(20-2)6-4-11/h3-7,9H,8H2,1-2H3. The smallest absolute Gasteiger partial charge is 0.377 e. The molecule has 0 saturated carbocycles. The van der Waals surface area contributed by atoms with Crippen molar-refractivity contribution in [1.82, 2.24) is 10.1 Å². The maximum absolute atomic E-state index is 11.8. The largest absolute Gasteiger partial charge is 0.497 e. The van der Waals surface area contributed by atoms with Gasteiger partial charge in [0.05, 0.1) is 18.5 Å². The van der Waals surface area contributed by atoms with Gasteiger partial charge in [-0.15, -0.1) is 11.3 Å². The first-order chi connectivity index (χ1) is 11.2. The molecule has 0 fully saturated rings. The highest BCUT2D eigenvalue weighted by atomic mass is 32.1. The van der Waals surface area contributed by atoms with Crippen LogP contribution in [-0.2, 0) is 11.3 Å². The number of carbonyl (C=O) groups is 1. The number of aromatic nitrogens is 2. The number of hydrogen-bond donors (Lipinski definition) is 0. The second-order valence-corrected chi connectivity index (χ2v) is 5.64. The molecular weight excluding hydrogens is 316 g/mol. The van der Waals surface area contributed by atoms with E-state index in [1.54, 1.807) is 14.0 Å². The fourth-order valence-electron chi connectivity index (χ4n) is 1.91. The molecule has 6 nitrogen and oxygen atoms in total. The van der Waals surface area contributed by atoms with Gasteiger partial charge in [-0.2, -0.15) is 0 Å². The van der Waals surface area contributed by atoms with Crippen molar-refractivity contribution in [2.75, 3.05) is 7.11 Å². The lowest BCUT2D eigenvalue weighted by Gasteiger charge is -2.01. The summed E-state index contributed by atoms with van der Waals surface area (Å²) in [5.74, 6) is 0.333. The van der Waals surface area contributed by atoms with E-state index < -0.39 is 5.97 Å². The molecule has 118 valence electrons. The van der Waals surface area contributed by atoms with Crippen LogP contribution in [0.1, 0.15) is 21.9 Å². The van der Waals surface area contributed by atoms with Gasteiger partial charge in [0.1, 0.15) is 17.4 Å². The van der Waals surface area contributed by atoms with Crippen LogP contribution >= 0.6 is 11.3 Å². The summed E-state index contributed by atoms with van der Waals surface area (Å²) < 4.78 is 15.2. The first-order valence-corrected chi connectivity index (χ1v) is 7.73. The van der Waals surface area contributed by atoms with Crippen molar-refractivity contribution in [3.63, 3.8) is 0 Å². The van der Waals surface area contributed by atoms with Gasteiger partial charge in [-0.1, -0.05) is 5.16 Å². The summed E-state index contributed by atoms with van der Waals surface area (Å²) in [5.41, 5.74) is 2.30. The highest BCUT2D eigenvalue weighted by Gasteiger charge is 2.14. The number of hydrogen-bond acceptors (Lipinski definition) is 7. The van der Waals surface area contributed by atoms with Crippen LogP contribution in [0.2, 0.25) is 0 Å². The van der Waals surface area contributed by atoms with Gasteiger partial charge >= 0.3 is 5.97 Å². The third-order valence-electron chi connectivity index (χ3n) is 3.07. The summed E-state index contributed by atoms with van der Waals surface area (Å²) in [4.78, 5) is 16.2. The number of aryl methyl sites for hydroxylation is 1. The molecule has 1 aromatic carbocycles. The predicted molar refractivity (Wildman–Crippen MR) is 84.5 cm³/mol. The molecule has 0 bridgehead atoms. The number of esters is 1. The van der Waals surface area contributed by atoms with E-state index in [1.165, 1.54) is 17.4 Å². The third-order valence-corrected chi connectivity index (χ3v) is 4.01. The minimum Gasteiger partial charge on any atom is -0.497 e. The van der Waals surface area contributed by atoms with E-state index in [1.807, 2.05) is 29.6 Å². The summed E-state index contributed by atoms with van der Waals surface area (Å²) in [7, 11) is 1.63. The molecular formula is C16H14N2O4S. The van der Waals surface area contributed by atoms with Crippen molar-refractivity contribution >= 4 is 17.3 Å². The summed E-state index contributed by atoms with van der Waals surface area (Å²) in [5, 5.41) is 6.37. The van der Waals surface area contributed by atoms with Crippen molar-refractivity contribution in [2.45, 2.75) is 13.5 Å². The van der Waals surface area contributed by atoms with Gasteiger partial charge in [0.15, 0.2) is 0 Å². The monoisotopic (exact) mass is 330 g/mol. The average molecular weight is 330 g/mol. The number of methoxy groups -OCH3 is 1. The normalized spacial score (nSPS) is 10.5. The quantitative estimate of drug-likeness (QED) is 0.667. The fraction of sp³-hybridized carbons (Fsp3) is 0.188. The Morgan fingerprint density at radius 3 is 2.74 bits per heavy atom. The summed E-state index contributed by atoms with van der Waals surface area (Å²) in [6, 6.07) is 9.16. The zero-order chi connectivity index (χ0) is 16.2. The molecule has 0 atom stereocenters. The molecule has 0 aliphatic heterocycles. The second-order valence-electron chi connectivity index (χ2n) is 4.78. The minimum absolute atomic E-state index is 0.0885. The van der Waals surface area contributed by atoms with E-state index in [4.69, 9.17) is 14.0 Å². The van der Waals surface area contributed by atoms with Crippen LogP contribution in [0.15, 0.2) is 40.2 Å². The maximum Gasteiger partial charge on any atom is 0.377 e. The first-order valence-electron chi connectivity index (χ1n) is 6.85. The van der Waals surface area contributed by atoms with Gasteiger partial charge in [0, 0.05) is 17.0 Å². The molecule has 7 heteroatoms. The Morgan fingerprint density at radius 1 is 1.30 bits per heavy atom. The zero-order valence-corrected chi connectivity index (χ0v) is 13.4. The lowest BCUT2D eigenvalue weighted by Crippen LogP contribution is -2.04. The van der Waals surface area contributed by atoms with E-state index in [9.17, 15) is 4.79 Å². The molecule has 0 aliphatic rings. The molecule has 0 amide bonds. The van der Waals surface area contributed by atoms with Gasteiger partial charge in [0.2, 0.25) is 5.76 Å². The summed E-state index contributed by atoms with van der Waals surface area (Å²) >= 11 is 1.49. The number of carbonyl (C=O) groups excluding carboxylic acids is 1. The third kappa shape index (κ3) is 3.57.